The van der Waals surface area contributed by atoms with E-state index in [2.05, 4.69) is 29.8 Å². The van der Waals surface area contributed by atoms with Crippen LogP contribution in [0.2, 0.25) is 0 Å². The third-order valence-corrected chi connectivity index (χ3v) is 4.90. The van der Waals surface area contributed by atoms with Crippen molar-refractivity contribution >= 4 is 40.5 Å². The van der Waals surface area contributed by atoms with Gasteiger partial charge in [-0.25, -0.2) is 0 Å². The summed E-state index contributed by atoms with van der Waals surface area (Å²) in [6, 6.07) is 24.2. The molecular weight excluding hydrogens is 406 g/mol. The van der Waals surface area contributed by atoms with E-state index in [4.69, 9.17) is 12.2 Å². The fourth-order valence-corrected chi connectivity index (χ4v) is 3.19. The van der Waals surface area contributed by atoms with Crippen molar-refractivity contribution in [3.8, 4) is 0 Å². The van der Waals surface area contributed by atoms with Gasteiger partial charge in [0.05, 0.1) is 6.42 Å². The summed E-state index contributed by atoms with van der Waals surface area (Å²) in [6.07, 6.45) is 0.315. The van der Waals surface area contributed by atoms with Crippen LogP contribution in [0.25, 0.3) is 0 Å². The van der Waals surface area contributed by atoms with Gasteiger partial charge in [-0.1, -0.05) is 56.3 Å². The highest BCUT2D eigenvalue weighted by Gasteiger charge is 2.09. The predicted octanol–water partition coefficient (Wildman–Crippen LogP) is 5.12. The summed E-state index contributed by atoms with van der Waals surface area (Å²) in [6.45, 7) is 4.21. The Labute approximate surface area is 187 Å². The normalized spacial score (nSPS) is 10.4. The van der Waals surface area contributed by atoms with Crippen LogP contribution >= 0.6 is 12.2 Å². The van der Waals surface area contributed by atoms with Crippen LogP contribution in [-0.2, 0) is 11.2 Å². The number of carbonyl (C=O) groups excluding carboxylic acids is 2. The van der Waals surface area contributed by atoms with Crippen LogP contribution in [0, 0.1) is 0 Å². The minimum Gasteiger partial charge on any atom is -0.332 e. The molecule has 0 atom stereocenters. The van der Waals surface area contributed by atoms with Crippen molar-refractivity contribution in [2.75, 3.05) is 10.6 Å². The van der Waals surface area contributed by atoms with E-state index in [1.807, 2.05) is 42.5 Å². The van der Waals surface area contributed by atoms with Gasteiger partial charge in [-0.15, -0.1) is 0 Å². The molecule has 3 N–H and O–H groups in total. The lowest BCUT2D eigenvalue weighted by Gasteiger charge is -2.11. The van der Waals surface area contributed by atoms with Crippen LogP contribution in [0.5, 0.6) is 0 Å². The van der Waals surface area contributed by atoms with E-state index in [9.17, 15) is 9.59 Å². The second-order valence-corrected chi connectivity index (χ2v) is 7.88. The van der Waals surface area contributed by atoms with E-state index < -0.39 is 0 Å². The monoisotopic (exact) mass is 431 g/mol. The van der Waals surface area contributed by atoms with Crippen molar-refractivity contribution in [2.24, 2.45) is 0 Å². The van der Waals surface area contributed by atoms with Gasteiger partial charge in [0.1, 0.15) is 0 Å². The van der Waals surface area contributed by atoms with Gasteiger partial charge in [0.25, 0.3) is 5.91 Å². The van der Waals surface area contributed by atoms with Crippen molar-refractivity contribution in [2.45, 2.75) is 26.2 Å². The van der Waals surface area contributed by atoms with Crippen LogP contribution in [0.3, 0.4) is 0 Å². The molecule has 0 aliphatic rings. The highest BCUT2D eigenvalue weighted by Crippen LogP contribution is 2.16. The Hall–Kier alpha value is -3.51. The van der Waals surface area contributed by atoms with Gasteiger partial charge in [0.15, 0.2) is 5.11 Å². The Morgan fingerprint density at radius 2 is 1.39 bits per heavy atom. The maximum Gasteiger partial charge on any atom is 0.257 e. The van der Waals surface area contributed by atoms with E-state index in [0.29, 0.717) is 29.3 Å². The lowest BCUT2D eigenvalue weighted by atomic mass is 10.0. The largest absolute Gasteiger partial charge is 0.332 e. The van der Waals surface area contributed by atoms with Crippen molar-refractivity contribution in [1.82, 2.24) is 5.32 Å². The maximum absolute atomic E-state index is 12.4. The lowest BCUT2D eigenvalue weighted by molar-refractivity contribution is -0.115. The Morgan fingerprint density at radius 3 is 1.97 bits per heavy atom. The number of rotatable bonds is 6. The fourth-order valence-electron chi connectivity index (χ4n) is 2.98. The molecule has 0 aromatic heterocycles. The van der Waals surface area contributed by atoms with Gasteiger partial charge in [0, 0.05) is 16.9 Å². The first kappa shape index (κ1) is 22.2. The van der Waals surface area contributed by atoms with Crippen LogP contribution in [0.15, 0.2) is 78.9 Å². The molecule has 158 valence electrons. The molecule has 2 amide bonds. The molecule has 0 saturated carbocycles. The molecule has 0 fully saturated rings. The van der Waals surface area contributed by atoms with Crippen LogP contribution in [0.1, 0.15) is 41.3 Å². The molecule has 6 heteroatoms. The van der Waals surface area contributed by atoms with E-state index in [1.165, 1.54) is 5.56 Å². The summed E-state index contributed by atoms with van der Waals surface area (Å²) in [5.41, 5.74) is 4.07. The maximum atomic E-state index is 12.4. The second kappa shape index (κ2) is 10.5. The summed E-state index contributed by atoms with van der Waals surface area (Å²) in [7, 11) is 0. The summed E-state index contributed by atoms with van der Waals surface area (Å²) in [4.78, 5) is 24.5. The SMILES string of the molecule is CC(C)c1ccc(C(=O)NC(=S)Nc2ccc(NC(=O)Cc3ccccc3)cc2)cc1. The van der Waals surface area contributed by atoms with Crippen molar-refractivity contribution in [1.29, 1.82) is 0 Å². The van der Waals surface area contributed by atoms with Crippen molar-refractivity contribution < 1.29 is 9.59 Å². The molecule has 0 heterocycles. The topological polar surface area (TPSA) is 70.2 Å². The average molecular weight is 432 g/mol. The number of amides is 2. The number of thiocarbonyl (C=S) groups is 1. The molecule has 3 aromatic carbocycles. The molecule has 31 heavy (non-hydrogen) atoms. The van der Waals surface area contributed by atoms with Crippen LogP contribution in [0.4, 0.5) is 11.4 Å². The molecule has 0 saturated heterocycles. The molecule has 0 bridgehead atoms. The minimum absolute atomic E-state index is 0.0850. The number of nitrogens with one attached hydrogen (secondary N) is 3. The first-order valence-electron chi connectivity index (χ1n) is 10.1. The van der Waals surface area contributed by atoms with E-state index >= 15 is 0 Å². The Balaban J connectivity index is 1.50. The van der Waals surface area contributed by atoms with Gasteiger partial charge in [-0.2, -0.15) is 0 Å². The summed E-state index contributed by atoms with van der Waals surface area (Å²) in [5, 5.41) is 8.73. The molecule has 0 unspecified atom stereocenters. The number of carbonyl (C=O) groups is 2. The lowest BCUT2D eigenvalue weighted by Crippen LogP contribution is -2.34. The second-order valence-electron chi connectivity index (χ2n) is 7.47. The van der Waals surface area contributed by atoms with Gasteiger partial charge < -0.3 is 10.6 Å². The molecule has 3 rings (SSSR count). The predicted molar refractivity (Wildman–Crippen MR) is 129 cm³/mol. The Bertz CT molecular complexity index is 1050. The number of hydrogen-bond acceptors (Lipinski definition) is 3. The van der Waals surface area contributed by atoms with E-state index in [-0.39, 0.29) is 16.9 Å². The smallest absolute Gasteiger partial charge is 0.257 e. The molecule has 0 radical (unpaired) electrons. The third kappa shape index (κ3) is 6.76. The molecule has 3 aromatic rings. The number of benzene rings is 3. The molecule has 0 spiro atoms. The third-order valence-electron chi connectivity index (χ3n) is 4.70. The van der Waals surface area contributed by atoms with E-state index in [0.717, 1.165) is 5.56 Å². The fraction of sp³-hybridized carbons (Fsp3) is 0.160. The summed E-state index contributed by atoms with van der Waals surface area (Å²) in [5.74, 6) is 0.0572. The molecular formula is C25H25N3O2S. The highest BCUT2D eigenvalue weighted by molar-refractivity contribution is 7.80. The summed E-state index contributed by atoms with van der Waals surface area (Å²) >= 11 is 5.24. The highest BCUT2D eigenvalue weighted by atomic mass is 32.1. The zero-order chi connectivity index (χ0) is 22.2. The Kier molecular flexibility index (Phi) is 7.51. The van der Waals surface area contributed by atoms with Crippen LogP contribution < -0.4 is 16.0 Å². The van der Waals surface area contributed by atoms with Gasteiger partial charge >= 0.3 is 0 Å². The zero-order valence-electron chi connectivity index (χ0n) is 17.5. The number of hydrogen-bond donors (Lipinski definition) is 3. The van der Waals surface area contributed by atoms with Gasteiger partial charge in [-0.3, -0.25) is 14.9 Å². The van der Waals surface area contributed by atoms with Crippen molar-refractivity contribution in [3.63, 3.8) is 0 Å². The standard InChI is InChI=1S/C25H25N3O2S/c1-17(2)19-8-10-20(11-9-19)24(30)28-25(31)27-22-14-12-21(13-15-22)26-23(29)16-18-6-4-3-5-7-18/h3-15,17H,16H2,1-2H3,(H,26,29)(H2,27,28,30,31). The van der Waals surface area contributed by atoms with Crippen molar-refractivity contribution in [3.05, 3.63) is 95.6 Å². The molecule has 0 aliphatic carbocycles. The first-order valence-corrected chi connectivity index (χ1v) is 10.5. The average Bonchev–Trinajstić information content (AvgIpc) is 2.75. The molecule has 0 aliphatic heterocycles. The first-order chi connectivity index (χ1) is 14.9. The van der Waals surface area contributed by atoms with Crippen LogP contribution in [-0.4, -0.2) is 16.9 Å². The Morgan fingerprint density at radius 1 is 0.806 bits per heavy atom. The zero-order valence-corrected chi connectivity index (χ0v) is 18.3. The number of anilines is 2. The van der Waals surface area contributed by atoms with Gasteiger partial charge in [-0.05, 0) is 65.7 Å². The summed E-state index contributed by atoms with van der Waals surface area (Å²) < 4.78 is 0. The van der Waals surface area contributed by atoms with E-state index in [1.54, 1.807) is 36.4 Å². The van der Waals surface area contributed by atoms with Gasteiger partial charge in [0.2, 0.25) is 5.91 Å². The molecule has 5 nitrogen and oxygen atoms in total. The quantitative estimate of drug-likeness (QED) is 0.474. The minimum atomic E-state index is -0.266.